The van der Waals surface area contributed by atoms with Crippen LogP contribution >= 0.6 is 11.8 Å². The second-order valence-electron chi connectivity index (χ2n) is 2.44. The number of hydrogen-bond acceptors (Lipinski definition) is 3. The third-order valence-corrected chi connectivity index (χ3v) is 1.57. The molecule has 2 amide bonds. The summed E-state index contributed by atoms with van der Waals surface area (Å²) in [5.74, 6) is 2.98. The summed E-state index contributed by atoms with van der Waals surface area (Å²) in [5.41, 5.74) is 0.504. The van der Waals surface area contributed by atoms with Crippen molar-refractivity contribution in [1.29, 1.82) is 0 Å². The number of carbonyl (C=O) groups excluding carboxylic acids is 2. The number of para-hydroxylation sites is 1. The Kier molecular flexibility index (Phi) is 3.44. The number of nitrogens with zero attached hydrogens (tertiary/aromatic N) is 1. The Morgan fingerprint density at radius 3 is 2.36 bits per heavy atom. The van der Waals surface area contributed by atoms with Gasteiger partial charge in [0.1, 0.15) is 0 Å². The lowest BCUT2D eigenvalue weighted by atomic mass is 10.3. The first-order valence-electron chi connectivity index (χ1n) is 3.72. The molecule has 0 aliphatic rings. The maximum atomic E-state index is 11.1. The van der Waals surface area contributed by atoms with Crippen LogP contribution in [0.25, 0.3) is 0 Å². The first-order valence-corrected chi connectivity index (χ1v) is 4.06. The molecule has 14 heavy (non-hydrogen) atoms. The maximum absolute atomic E-state index is 11.1. The molecule has 0 unspecified atom stereocenters. The third kappa shape index (κ3) is 2.72. The SMILES string of the molecule is NN(Cl)C(=O)C(=O)Nc1ccccc1. The van der Waals surface area contributed by atoms with Crippen LogP contribution in [0.1, 0.15) is 0 Å². The lowest BCUT2D eigenvalue weighted by molar-refractivity contribution is -0.140. The second-order valence-corrected chi connectivity index (χ2v) is 2.80. The molecule has 0 heterocycles. The van der Waals surface area contributed by atoms with E-state index in [4.69, 9.17) is 17.6 Å². The fraction of sp³-hybridized carbons (Fsp3) is 0. The maximum Gasteiger partial charge on any atom is 0.341 e. The van der Waals surface area contributed by atoms with Crippen molar-refractivity contribution in [2.75, 3.05) is 5.32 Å². The average molecular weight is 214 g/mol. The molecule has 1 rings (SSSR count). The molecule has 3 N–H and O–H groups in total. The minimum absolute atomic E-state index is 0.207. The minimum atomic E-state index is -1.02. The molecule has 1 aromatic rings. The molecule has 0 radical (unpaired) electrons. The zero-order valence-corrected chi connectivity index (χ0v) is 7.86. The van der Waals surface area contributed by atoms with Crippen molar-refractivity contribution >= 4 is 29.3 Å². The van der Waals surface area contributed by atoms with Crippen LogP contribution in [0.5, 0.6) is 0 Å². The first kappa shape index (κ1) is 10.5. The summed E-state index contributed by atoms with van der Waals surface area (Å²) >= 11 is 5.09. The number of hydrogen-bond donors (Lipinski definition) is 2. The fourth-order valence-corrected chi connectivity index (χ4v) is 0.880. The highest BCUT2D eigenvalue weighted by molar-refractivity contribution is 6.45. The standard InChI is InChI=1S/C8H8ClN3O2/c9-12(10)8(14)7(13)11-6-4-2-1-3-5-6/h1-5H,10H2,(H,11,13). The number of rotatable bonds is 1. The molecule has 0 fully saturated rings. The minimum Gasteiger partial charge on any atom is -0.318 e. The van der Waals surface area contributed by atoms with E-state index in [2.05, 4.69) is 5.32 Å². The van der Waals surface area contributed by atoms with E-state index in [1.165, 1.54) is 0 Å². The second kappa shape index (κ2) is 4.59. The molecule has 0 spiro atoms. The molecule has 0 saturated carbocycles. The molecular formula is C8H8ClN3O2. The van der Waals surface area contributed by atoms with Crippen molar-refractivity contribution in [3.63, 3.8) is 0 Å². The number of benzene rings is 1. The van der Waals surface area contributed by atoms with Crippen molar-refractivity contribution < 1.29 is 9.59 Å². The fourth-order valence-electron chi connectivity index (χ4n) is 0.803. The monoisotopic (exact) mass is 213 g/mol. The highest BCUT2D eigenvalue weighted by atomic mass is 35.5. The number of nitrogens with one attached hydrogen (secondary N) is 1. The predicted octanol–water partition coefficient (Wildman–Crippen LogP) is 0.481. The van der Waals surface area contributed by atoms with Crippen LogP contribution in [0.2, 0.25) is 0 Å². The Labute approximate surface area is 85.5 Å². The van der Waals surface area contributed by atoms with E-state index in [0.29, 0.717) is 5.69 Å². The van der Waals surface area contributed by atoms with Crippen LogP contribution in [-0.4, -0.2) is 16.3 Å². The summed E-state index contributed by atoms with van der Waals surface area (Å²) in [5, 5.41) is 2.33. The van der Waals surface area contributed by atoms with Gasteiger partial charge in [-0.1, -0.05) is 18.2 Å². The van der Waals surface area contributed by atoms with Crippen LogP contribution in [-0.2, 0) is 9.59 Å². The molecule has 0 aliphatic carbocycles. The van der Waals surface area contributed by atoms with E-state index in [0.717, 1.165) is 0 Å². The zero-order valence-electron chi connectivity index (χ0n) is 7.11. The summed E-state index contributed by atoms with van der Waals surface area (Å²) in [4.78, 5) is 22.0. The van der Waals surface area contributed by atoms with Crippen molar-refractivity contribution in [2.45, 2.75) is 0 Å². The van der Waals surface area contributed by atoms with Gasteiger partial charge in [-0.05, 0) is 12.1 Å². The Hall–Kier alpha value is -1.59. The largest absolute Gasteiger partial charge is 0.341 e. The molecule has 74 valence electrons. The van der Waals surface area contributed by atoms with Crippen LogP contribution in [0.15, 0.2) is 30.3 Å². The summed E-state index contributed by atoms with van der Waals surface area (Å²) < 4.78 is 0.207. The van der Waals surface area contributed by atoms with E-state index in [1.807, 2.05) is 0 Å². The quantitative estimate of drug-likeness (QED) is 0.234. The number of hydrazine groups is 1. The van der Waals surface area contributed by atoms with E-state index in [9.17, 15) is 9.59 Å². The predicted molar refractivity (Wildman–Crippen MR) is 52.0 cm³/mol. The molecule has 1 aromatic carbocycles. The summed E-state index contributed by atoms with van der Waals surface area (Å²) in [6.07, 6.45) is 0. The first-order chi connectivity index (χ1) is 6.61. The number of nitrogens with two attached hydrogens (primary N) is 1. The van der Waals surface area contributed by atoms with Crippen LogP contribution < -0.4 is 11.2 Å². The smallest absolute Gasteiger partial charge is 0.318 e. The molecular weight excluding hydrogens is 206 g/mol. The van der Waals surface area contributed by atoms with Gasteiger partial charge in [-0.15, -0.1) is 0 Å². The number of amides is 2. The van der Waals surface area contributed by atoms with Crippen LogP contribution in [0.3, 0.4) is 0 Å². The Bertz CT molecular complexity index is 340. The van der Waals surface area contributed by atoms with E-state index < -0.39 is 11.8 Å². The summed E-state index contributed by atoms with van der Waals surface area (Å²) in [6.45, 7) is 0. The third-order valence-electron chi connectivity index (χ3n) is 1.42. The van der Waals surface area contributed by atoms with Crippen molar-refractivity contribution in [3.05, 3.63) is 30.3 Å². The lowest BCUT2D eigenvalue weighted by Crippen LogP contribution is -2.37. The molecule has 5 nitrogen and oxygen atoms in total. The normalized spacial score (nSPS) is 9.29. The van der Waals surface area contributed by atoms with E-state index >= 15 is 0 Å². The molecule has 0 aliphatic heterocycles. The van der Waals surface area contributed by atoms with Gasteiger partial charge in [-0.2, -0.15) is 4.53 Å². The van der Waals surface area contributed by atoms with Gasteiger partial charge in [-0.25, -0.2) is 5.84 Å². The molecule has 0 aromatic heterocycles. The molecule has 0 bridgehead atoms. The average Bonchev–Trinajstić information content (AvgIpc) is 2.18. The van der Waals surface area contributed by atoms with Gasteiger partial charge in [0.25, 0.3) is 0 Å². The van der Waals surface area contributed by atoms with Crippen molar-refractivity contribution in [1.82, 2.24) is 4.53 Å². The molecule has 0 atom stereocenters. The van der Waals surface area contributed by atoms with E-state index in [1.54, 1.807) is 30.3 Å². The van der Waals surface area contributed by atoms with Gasteiger partial charge in [0.2, 0.25) is 0 Å². The lowest BCUT2D eigenvalue weighted by Gasteiger charge is -2.06. The van der Waals surface area contributed by atoms with Gasteiger partial charge in [-0.3, -0.25) is 9.59 Å². The molecule has 6 heteroatoms. The van der Waals surface area contributed by atoms with Crippen molar-refractivity contribution in [2.24, 2.45) is 5.84 Å². The Morgan fingerprint density at radius 1 is 1.29 bits per heavy atom. The summed E-state index contributed by atoms with van der Waals surface area (Å²) in [6, 6.07) is 8.51. The van der Waals surface area contributed by atoms with Gasteiger partial charge in [0.05, 0.1) is 0 Å². The number of halogens is 1. The Morgan fingerprint density at radius 2 is 1.86 bits per heavy atom. The Balaban J connectivity index is 2.63. The van der Waals surface area contributed by atoms with Gasteiger partial charge >= 0.3 is 11.8 Å². The van der Waals surface area contributed by atoms with E-state index in [-0.39, 0.29) is 4.53 Å². The van der Waals surface area contributed by atoms with Gasteiger partial charge in [0.15, 0.2) is 0 Å². The summed E-state index contributed by atoms with van der Waals surface area (Å²) in [7, 11) is 0. The van der Waals surface area contributed by atoms with Gasteiger partial charge in [0, 0.05) is 17.5 Å². The van der Waals surface area contributed by atoms with Crippen molar-refractivity contribution in [3.8, 4) is 0 Å². The highest BCUT2D eigenvalue weighted by Gasteiger charge is 2.17. The van der Waals surface area contributed by atoms with Crippen LogP contribution in [0, 0.1) is 0 Å². The number of anilines is 1. The highest BCUT2D eigenvalue weighted by Crippen LogP contribution is 2.04. The van der Waals surface area contributed by atoms with Crippen LogP contribution in [0.4, 0.5) is 5.69 Å². The topological polar surface area (TPSA) is 75.4 Å². The zero-order chi connectivity index (χ0) is 10.6. The number of carbonyl (C=O) groups is 2. The molecule has 0 saturated heterocycles. The van der Waals surface area contributed by atoms with Gasteiger partial charge < -0.3 is 5.32 Å².